The molecule has 0 fully saturated rings. The zero-order valence-electron chi connectivity index (χ0n) is 12.1. The number of benzene rings is 1. The summed E-state index contributed by atoms with van der Waals surface area (Å²) >= 11 is 4.95. The average Bonchev–Trinajstić information content (AvgIpc) is 3.15. The molecule has 1 aliphatic heterocycles. The van der Waals surface area contributed by atoms with Gasteiger partial charge in [-0.2, -0.15) is 0 Å². The third kappa shape index (κ3) is 3.93. The van der Waals surface area contributed by atoms with Crippen molar-refractivity contribution in [1.82, 2.24) is 10.2 Å². The van der Waals surface area contributed by atoms with Gasteiger partial charge in [0.05, 0.1) is 18.2 Å². The Balaban J connectivity index is 1.52. The molecule has 0 spiro atoms. The number of thioether (sulfide) groups is 2. The van der Waals surface area contributed by atoms with Crippen molar-refractivity contribution < 1.29 is 4.74 Å². The molecule has 2 N–H and O–H groups in total. The van der Waals surface area contributed by atoms with Crippen molar-refractivity contribution in [2.75, 3.05) is 24.6 Å². The Morgan fingerprint density at radius 2 is 2.14 bits per heavy atom. The van der Waals surface area contributed by atoms with Crippen LogP contribution in [0.2, 0.25) is 0 Å². The maximum Gasteiger partial charge on any atom is 0.203 e. The summed E-state index contributed by atoms with van der Waals surface area (Å²) in [5.74, 6) is 1.86. The second kappa shape index (κ2) is 7.34. The van der Waals surface area contributed by atoms with E-state index < -0.39 is 0 Å². The molecule has 1 atom stereocenters. The van der Waals surface area contributed by atoms with E-state index in [1.165, 1.54) is 11.3 Å². The maximum atomic E-state index is 5.59. The van der Waals surface area contributed by atoms with Crippen LogP contribution in [0.3, 0.4) is 0 Å². The number of nitrogens with two attached hydrogens (primary N) is 1. The number of nitrogens with zero attached hydrogens (tertiary/aromatic N) is 3. The van der Waals surface area contributed by atoms with Gasteiger partial charge < -0.3 is 10.5 Å². The molecule has 2 aromatic rings. The van der Waals surface area contributed by atoms with Crippen LogP contribution in [0.15, 0.2) is 33.6 Å². The second-order valence-electron chi connectivity index (χ2n) is 4.56. The fraction of sp³-hybridized carbons (Fsp3) is 0.357. The van der Waals surface area contributed by atoms with Crippen LogP contribution in [0, 0.1) is 0 Å². The SMILES string of the molecule is CCOc1ccc(C2=NCC(CSc3nnc(N)s3)S2)cc1. The van der Waals surface area contributed by atoms with Gasteiger partial charge in [-0.3, -0.25) is 4.99 Å². The van der Waals surface area contributed by atoms with Crippen molar-refractivity contribution in [2.45, 2.75) is 16.5 Å². The highest BCUT2D eigenvalue weighted by molar-refractivity contribution is 8.16. The Morgan fingerprint density at radius 1 is 1.32 bits per heavy atom. The van der Waals surface area contributed by atoms with E-state index in [-0.39, 0.29) is 0 Å². The van der Waals surface area contributed by atoms with Crippen LogP contribution >= 0.6 is 34.9 Å². The van der Waals surface area contributed by atoms with Gasteiger partial charge in [0, 0.05) is 16.6 Å². The van der Waals surface area contributed by atoms with Crippen molar-refractivity contribution in [1.29, 1.82) is 0 Å². The quantitative estimate of drug-likeness (QED) is 0.805. The van der Waals surface area contributed by atoms with Crippen molar-refractivity contribution in [2.24, 2.45) is 4.99 Å². The lowest BCUT2D eigenvalue weighted by molar-refractivity contribution is 0.340. The Kier molecular flexibility index (Phi) is 5.22. The molecule has 5 nitrogen and oxygen atoms in total. The first-order valence-corrected chi connectivity index (χ1v) is 9.59. The summed E-state index contributed by atoms with van der Waals surface area (Å²) < 4.78 is 6.39. The molecule has 22 heavy (non-hydrogen) atoms. The van der Waals surface area contributed by atoms with Gasteiger partial charge in [-0.05, 0) is 31.2 Å². The van der Waals surface area contributed by atoms with Crippen LogP contribution in [0.1, 0.15) is 12.5 Å². The van der Waals surface area contributed by atoms with Crippen molar-refractivity contribution in [3.05, 3.63) is 29.8 Å². The Morgan fingerprint density at radius 3 is 2.82 bits per heavy atom. The van der Waals surface area contributed by atoms with E-state index in [0.29, 0.717) is 17.0 Å². The van der Waals surface area contributed by atoms with Gasteiger partial charge in [0.2, 0.25) is 5.13 Å². The second-order valence-corrected chi connectivity index (χ2v) is 8.13. The molecule has 0 aliphatic carbocycles. The zero-order valence-corrected chi connectivity index (χ0v) is 14.5. The fourth-order valence-electron chi connectivity index (χ4n) is 1.97. The smallest absolute Gasteiger partial charge is 0.203 e. The van der Waals surface area contributed by atoms with E-state index >= 15 is 0 Å². The summed E-state index contributed by atoms with van der Waals surface area (Å²) in [5.41, 5.74) is 6.74. The summed E-state index contributed by atoms with van der Waals surface area (Å²) in [7, 11) is 0. The monoisotopic (exact) mass is 352 g/mol. The van der Waals surface area contributed by atoms with E-state index in [9.17, 15) is 0 Å². The highest BCUT2D eigenvalue weighted by Gasteiger charge is 2.21. The van der Waals surface area contributed by atoms with Crippen LogP contribution in [0.25, 0.3) is 0 Å². The number of ether oxygens (including phenoxy) is 1. The first-order chi connectivity index (χ1) is 10.7. The fourth-order valence-corrected chi connectivity index (χ4v) is 4.90. The van der Waals surface area contributed by atoms with Crippen molar-refractivity contribution >= 4 is 45.0 Å². The van der Waals surface area contributed by atoms with Crippen LogP contribution < -0.4 is 10.5 Å². The molecule has 0 saturated carbocycles. The molecular formula is C14H16N4OS3. The lowest BCUT2D eigenvalue weighted by Gasteiger charge is -2.07. The number of rotatable bonds is 6. The molecule has 1 aromatic heterocycles. The molecule has 8 heteroatoms. The van der Waals surface area contributed by atoms with Crippen LogP contribution in [-0.2, 0) is 0 Å². The van der Waals surface area contributed by atoms with Gasteiger partial charge in [-0.1, -0.05) is 23.1 Å². The lowest BCUT2D eigenvalue weighted by Crippen LogP contribution is -2.06. The first kappa shape index (κ1) is 15.6. The van der Waals surface area contributed by atoms with E-state index in [1.807, 2.05) is 30.8 Å². The third-order valence-corrected chi connectivity index (χ3v) is 6.44. The predicted octanol–water partition coefficient (Wildman–Crippen LogP) is 3.17. The molecule has 3 rings (SSSR count). The molecule has 2 heterocycles. The summed E-state index contributed by atoms with van der Waals surface area (Å²) in [6.45, 7) is 3.51. The molecule has 1 aromatic carbocycles. The van der Waals surface area contributed by atoms with E-state index in [1.54, 1.807) is 11.8 Å². The number of anilines is 1. The molecule has 0 bridgehead atoms. The number of aromatic nitrogens is 2. The van der Waals surface area contributed by atoms with Crippen molar-refractivity contribution in [3.63, 3.8) is 0 Å². The molecule has 0 amide bonds. The molecule has 1 aliphatic rings. The van der Waals surface area contributed by atoms with E-state index in [2.05, 4.69) is 27.3 Å². The molecule has 116 valence electrons. The zero-order chi connectivity index (χ0) is 15.4. The maximum absolute atomic E-state index is 5.59. The topological polar surface area (TPSA) is 73.4 Å². The highest BCUT2D eigenvalue weighted by atomic mass is 32.2. The van der Waals surface area contributed by atoms with E-state index in [4.69, 9.17) is 10.5 Å². The summed E-state index contributed by atoms with van der Waals surface area (Å²) in [5, 5.41) is 9.95. The van der Waals surface area contributed by atoms with Crippen molar-refractivity contribution in [3.8, 4) is 5.75 Å². The largest absolute Gasteiger partial charge is 0.494 e. The van der Waals surface area contributed by atoms with Gasteiger partial charge in [-0.15, -0.1) is 22.0 Å². The minimum atomic E-state index is 0.469. The molecular weight excluding hydrogens is 336 g/mol. The minimum Gasteiger partial charge on any atom is -0.494 e. The average molecular weight is 353 g/mol. The highest BCUT2D eigenvalue weighted by Crippen LogP contribution is 2.32. The Labute approximate surface area is 141 Å². The van der Waals surface area contributed by atoms with Gasteiger partial charge in [0.15, 0.2) is 4.34 Å². The predicted molar refractivity (Wildman–Crippen MR) is 95.4 cm³/mol. The van der Waals surface area contributed by atoms with Gasteiger partial charge in [0.1, 0.15) is 5.75 Å². The molecule has 1 unspecified atom stereocenters. The third-order valence-electron chi connectivity index (χ3n) is 2.94. The molecule has 0 radical (unpaired) electrons. The van der Waals surface area contributed by atoms with Crippen LogP contribution in [0.5, 0.6) is 5.75 Å². The van der Waals surface area contributed by atoms with Gasteiger partial charge in [-0.25, -0.2) is 0 Å². The van der Waals surface area contributed by atoms with Gasteiger partial charge >= 0.3 is 0 Å². The summed E-state index contributed by atoms with van der Waals surface area (Å²) in [6, 6.07) is 8.12. The first-order valence-electron chi connectivity index (χ1n) is 6.90. The summed E-state index contributed by atoms with van der Waals surface area (Å²) in [6.07, 6.45) is 0. The number of nitrogen functional groups attached to an aromatic ring is 1. The number of aliphatic imine (C=N–C) groups is 1. The normalized spacial score (nSPS) is 17.5. The number of hydrogen-bond acceptors (Lipinski definition) is 8. The standard InChI is InChI=1S/C14H16N4OS3/c1-2-19-10-5-3-9(4-6-10)12-16-7-11(21-12)8-20-14-18-17-13(15)22-14/h3-6,11H,2,7-8H2,1H3,(H2,15,17). The Bertz CT molecular complexity index is 656. The molecule has 0 saturated heterocycles. The van der Waals surface area contributed by atoms with Crippen LogP contribution in [0.4, 0.5) is 5.13 Å². The number of hydrogen-bond donors (Lipinski definition) is 1. The minimum absolute atomic E-state index is 0.469. The van der Waals surface area contributed by atoms with E-state index in [0.717, 1.165) is 33.0 Å². The Hall–Kier alpha value is -1.25. The van der Waals surface area contributed by atoms with Crippen LogP contribution in [-0.4, -0.2) is 39.4 Å². The lowest BCUT2D eigenvalue weighted by atomic mass is 10.2. The summed E-state index contributed by atoms with van der Waals surface area (Å²) in [4.78, 5) is 4.65. The van der Waals surface area contributed by atoms with Gasteiger partial charge in [0.25, 0.3) is 0 Å².